The fourth-order valence-corrected chi connectivity index (χ4v) is 3.60. The van der Waals surface area contributed by atoms with Gasteiger partial charge in [-0.1, -0.05) is 0 Å². The Morgan fingerprint density at radius 2 is 2.04 bits per heavy atom. The van der Waals surface area contributed by atoms with Crippen molar-refractivity contribution >= 4 is 11.7 Å². The average molecular weight is 383 g/mol. The topological polar surface area (TPSA) is 49.6 Å². The number of urea groups is 1. The van der Waals surface area contributed by atoms with Crippen molar-refractivity contribution in [1.82, 2.24) is 9.88 Å². The fourth-order valence-electron chi connectivity index (χ4n) is 3.60. The minimum Gasteiger partial charge on any atom is -0.467 e. The van der Waals surface area contributed by atoms with Gasteiger partial charge in [-0.25, -0.2) is 13.6 Å². The highest BCUT2D eigenvalue weighted by Crippen LogP contribution is 2.34. The van der Waals surface area contributed by atoms with E-state index in [4.69, 9.17) is 4.42 Å². The van der Waals surface area contributed by atoms with Crippen LogP contribution in [0.25, 0.3) is 0 Å². The van der Waals surface area contributed by atoms with Crippen LogP contribution in [0.4, 0.5) is 19.3 Å². The maximum atomic E-state index is 14.5. The van der Waals surface area contributed by atoms with Crippen molar-refractivity contribution in [2.75, 3.05) is 11.4 Å². The van der Waals surface area contributed by atoms with Crippen molar-refractivity contribution in [2.24, 2.45) is 0 Å². The third-order valence-electron chi connectivity index (χ3n) is 4.91. The lowest BCUT2D eigenvalue weighted by Gasteiger charge is -2.32. The Labute approximate surface area is 161 Å². The highest BCUT2D eigenvalue weighted by molar-refractivity contribution is 5.92. The van der Waals surface area contributed by atoms with Crippen LogP contribution in [-0.2, 0) is 6.54 Å². The Morgan fingerprint density at radius 1 is 1.21 bits per heavy atom. The molecule has 3 heterocycles. The van der Waals surface area contributed by atoms with Gasteiger partial charge in [-0.15, -0.1) is 0 Å². The van der Waals surface area contributed by atoms with Crippen LogP contribution < -0.4 is 4.90 Å². The van der Waals surface area contributed by atoms with Crippen molar-refractivity contribution in [2.45, 2.75) is 25.4 Å². The van der Waals surface area contributed by atoms with Crippen LogP contribution in [0, 0.1) is 11.6 Å². The van der Waals surface area contributed by atoms with Crippen LogP contribution >= 0.6 is 0 Å². The SMILES string of the molecule is O=C(N(Cc1ccco1)c1ccc(F)cc1F)N1CCC[C@H]1c1ccncc1. The molecule has 1 saturated heterocycles. The molecule has 2 amide bonds. The Morgan fingerprint density at radius 3 is 2.75 bits per heavy atom. The number of carbonyl (C=O) groups excluding carboxylic acids is 1. The van der Waals surface area contributed by atoms with Gasteiger partial charge in [-0.2, -0.15) is 0 Å². The van der Waals surface area contributed by atoms with Crippen molar-refractivity contribution < 1.29 is 18.0 Å². The number of anilines is 1. The summed E-state index contributed by atoms with van der Waals surface area (Å²) in [5.41, 5.74) is 1.00. The molecule has 1 atom stereocenters. The summed E-state index contributed by atoms with van der Waals surface area (Å²) in [6.07, 6.45) is 6.54. The van der Waals surface area contributed by atoms with E-state index in [1.807, 2.05) is 12.1 Å². The molecule has 1 fully saturated rings. The molecule has 0 spiro atoms. The van der Waals surface area contributed by atoms with E-state index >= 15 is 0 Å². The zero-order valence-electron chi connectivity index (χ0n) is 15.1. The number of benzene rings is 1. The number of hydrogen-bond acceptors (Lipinski definition) is 3. The molecule has 0 radical (unpaired) electrons. The number of amides is 2. The van der Waals surface area contributed by atoms with E-state index in [-0.39, 0.29) is 24.3 Å². The molecule has 0 aliphatic carbocycles. The fraction of sp³-hybridized carbons (Fsp3) is 0.238. The van der Waals surface area contributed by atoms with Crippen LogP contribution in [0.2, 0.25) is 0 Å². The summed E-state index contributed by atoms with van der Waals surface area (Å²) in [5, 5.41) is 0. The first-order chi connectivity index (χ1) is 13.6. The minimum absolute atomic E-state index is 0.0168. The van der Waals surface area contributed by atoms with E-state index in [0.29, 0.717) is 12.3 Å². The number of hydrogen-bond donors (Lipinski definition) is 0. The van der Waals surface area contributed by atoms with Crippen LogP contribution in [0.15, 0.2) is 65.5 Å². The number of rotatable bonds is 4. The molecule has 7 heteroatoms. The number of pyridine rings is 1. The monoisotopic (exact) mass is 383 g/mol. The van der Waals surface area contributed by atoms with Gasteiger partial charge in [-0.3, -0.25) is 9.88 Å². The molecule has 0 unspecified atom stereocenters. The molecule has 1 aliphatic heterocycles. The molecule has 5 nitrogen and oxygen atoms in total. The summed E-state index contributed by atoms with van der Waals surface area (Å²) in [6.45, 7) is 0.608. The number of aromatic nitrogens is 1. The molecule has 144 valence electrons. The van der Waals surface area contributed by atoms with Gasteiger partial charge in [0.2, 0.25) is 0 Å². The number of furan rings is 1. The summed E-state index contributed by atoms with van der Waals surface area (Å²) < 4.78 is 33.3. The van der Waals surface area contributed by atoms with E-state index in [1.54, 1.807) is 29.4 Å². The summed E-state index contributed by atoms with van der Waals surface area (Å²) >= 11 is 0. The first kappa shape index (κ1) is 18.2. The van der Waals surface area contributed by atoms with Crippen LogP contribution in [0.5, 0.6) is 0 Å². The predicted molar refractivity (Wildman–Crippen MR) is 99.6 cm³/mol. The largest absolute Gasteiger partial charge is 0.467 e. The van der Waals surface area contributed by atoms with Gasteiger partial charge in [0.1, 0.15) is 17.4 Å². The van der Waals surface area contributed by atoms with Crippen molar-refractivity contribution in [3.63, 3.8) is 0 Å². The van der Waals surface area contributed by atoms with Crippen LogP contribution in [-0.4, -0.2) is 22.5 Å². The second kappa shape index (κ2) is 7.80. The maximum Gasteiger partial charge on any atom is 0.325 e. The molecule has 3 aromatic rings. The summed E-state index contributed by atoms with van der Waals surface area (Å²) in [5.74, 6) is -0.973. The van der Waals surface area contributed by atoms with Gasteiger partial charge in [0.15, 0.2) is 0 Å². The van der Waals surface area contributed by atoms with E-state index < -0.39 is 11.6 Å². The molecule has 1 aromatic carbocycles. The van der Waals surface area contributed by atoms with Gasteiger partial charge in [-0.05, 0) is 54.8 Å². The zero-order chi connectivity index (χ0) is 19.5. The maximum absolute atomic E-state index is 14.5. The molecule has 4 rings (SSSR count). The second-order valence-corrected chi connectivity index (χ2v) is 6.68. The Kier molecular flexibility index (Phi) is 5.06. The standard InChI is InChI=1S/C21H19F2N3O2/c22-16-5-6-20(18(23)13-16)26(14-17-3-2-12-28-17)21(27)25-11-1-4-19(25)15-7-9-24-10-8-15/h2-3,5-10,12-13,19H,1,4,11,14H2/t19-/m0/s1. The number of nitrogens with zero attached hydrogens (tertiary/aromatic N) is 3. The van der Waals surface area contributed by atoms with Gasteiger partial charge in [0.25, 0.3) is 0 Å². The lowest BCUT2D eigenvalue weighted by atomic mass is 10.1. The van der Waals surface area contributed by atoms with Gasteiger partial charge in [0.05, 0.1) is 24.5 Å². The highest BCUT2D eigenvalue weighted by atomic mass is 19.1. The Hall–Kier alpha value is -3.22. The van der Waals surface area contributed by atoms with Crippen molar-refractivity contribution in [1.29, 1.82) is 0 Å². The lowest BCUT2D eigenvalue weighted by Crippen LogP contribution is -2.43. The van der Waals surface area contributed by atoms with E-state index in [2.05, 4.69) is 4.98 Å². The van der Waals surface area contributed by atoms with Crippen molar-refractivity contribution in [3.05, 3.63) is 84.1 Å². The quantitative estimate of drug-likeness (QED) is 0.643. The van der Waals surface area contributed by atoms with Crippen LogP contribution in [0.1, 0.15) is 30.2 Å². The van der Waals surface area contributed by atoms with Gasteiger partial charge >= 0.3 is 6.03 Å². The zero-order valence-corrected chi connectivity index (χ0v) is 15.1. The second-order valence-electron chi connectivity index (χ2n) is 6.68. The third kappa shape index (κ3) is 3.60. The number of carbonyl (C=O) groups is 1. The van der Waals surface area contributed by atoms with Crippen LogP contribution in [0.3, 0.4) is 0 Å². The average Bonchev–Trinajstić information content (AvgIpc) is 3.39. The smallest absolute Gasteiger partial charge is 0.325 e. The lowest BCUT2D eigenvalue weighted by molar-refractivity contribution is 0.198. The molecular formula is C21H19F2N3O2. The number of likely N-dealkylation sites (tertiary alicyclic amines) is 1. The normalized spacial score (nSPS) is 16.4. The first-order valence-corrected chi connectivity index (χ1v) is 9.09. The summed E-state index contributed by atoms with van der Waals surface area (Å²) in [6, 6.07) is 9.92. The van der Waals surface area contributed by atoms with Crippen molar-refractivity contribution in [3.8, 4) is 0 Å². The predicted octanol–water partition coefficient (Wildman–Crippen LogP) is 4.92. The minimum atomic E-state index is -0.792. The van der Waals surface area contributed by atoms with Gasteiger partial charge < -0.3 is 9.32 Å². The first-order valence-electron chi connectivity index (χ1n) is 9.09. The summed E-state index contributed by atoms with van der Waals surface area (Å²) in [7, 11) is 0. The van der Waals surface area contributed by atoms with E-state index in [0.717, 1.165) is 30.5 Å². The molecule has 0 bridgehead atoms. The third-order valence-corrected chi connectivity index (χ3v) is 4.91. The van der Waals surface area contributed by atoms with E-state index in [1.165, 1.54) is 17.2 Å². The van der Waals surface area contributed by atoms with E-state index in [9.17, 15) is 13.6 Å². The summed E-state index contributed by atoms with van der Waals surface area (Å²) in [4.78, 5) is 20.5. The Bertz CT molecular complexity index is 948. The Balaban J connectivity index is 1.68. The molecule has 0 saturated carbocycles. The highest BCUT2D eigenvalue weighted by Gasteiger charge is 2.34. The molecule has 0 N–H and O–H groups in total. The molecule has 28 heavy (non-hydrogen) atoms. The molecular weight excluding hydrogens is 364 g/mol. The molecule has 1 aliphatic rings. The number of halogens is 2. The molecule has 2 aromatic heterocycles. The van der Waals surface area contributed by atoms with Gasteiger partial charge in [0, 0.05) is 25.0 Å².